The first kappa shape index (κ1) is 21.9. The lowest BCUT2D eigenvalue weighted by Crippen LogP contribution is -2.50. The zero-order valence-electron chi connectivity index (χ0n) is 17.2. The third kappa shape index (κ3) is 5.55. The third-order valence-corrected chi connectivity index (χ3v) is 9.90. The van der Waals surface area contributed by atoms with Crippen LogP contribution < -0.4 is 5.19 Å². The van der Waals surface area contributed by atoms with E-state index in [1.54, 1.807) is 0 Å². The fourth-order valence-corrected chi connectivity index (χ4v) is 7.39. The highest BCUT2D eigenvalue weighted by molar-refractivity contribution is 6.91. The van der Waals surface area contributed by atoms with Gasteiger partial charge in [0.25, 0.3) is 0 Å². The maximum Gasteiger partial charge on any atom is 0.308 e. The molecule has 150 valence electrons. The number of hydrogen-bond acceptors (Lipinski definition) is 4. The molecule has 0 aliphatic heterocycles. The molecule has 2 aromatic carbocycles. The van der Waals surface area contributed by atoms with Crippen LogP contribution in [0.15, 0.2) is 60.7 Å². The van der Waals surface area contributed by atoms with E-state index in [9.17, 15) is 9.59 Å². The number of carbonyl (C=O) groups is 2. The smallest absolute Gasteiger partial charge is 0.308 e. The minimum Gasteiger partial charge on any atom is -0.469 e. The van der Waals surface area contributed by atoms with Crippen LogP contribution in [0, 0.1) is 5.92 Å². The molecular formula is C23H30O4Si. The summed E-state index contributed by atoms with van der Waals surface area (Å²) in [5.41, 5.74) is 1.28. The fraction of sp³-hybridized carbons (Fsp3) is 0.391. The van der Waals surface area contributed by atoms with Gasteiger partial charge in [-0.3, -0.25) is 9.59 Å². The van der Waals surface area contributed by atoms with Gasteiger partial charge < -0.3 is 9.47 Å². The predicted molar refractivity (Wildman–Crippen MR) is 114 cm³/mol. The number of hydrogen-bond donors (Lipinski definition) is 0. The van der Waals surface area contributed by atoms with Crippen LogP contribution in [-0.4, -0.2) is 34.2 Å². The molecular weight excluding hydrogens is 368 g/mol. The number of ether oxygens (including phenoxy) is 2. The predicted octanol–water partition coefficient (Wildman–Crippen LogP) is 3.96. The van der Waals surface area contributed by atoms with Crippen LogP contribution >= 0.6 is 0 Å². The SMILES string of the molecule is COC(=O)CC[C@@H](C(=O)OC)[C@@H](Cc1ccccc1)[Si](C)(C)c1ccccc1. The zero-order chi connectivity index (χ0) is 20.6. The highest BCUT2D eigenvalue weighted by atomic mass is 28.3. The number of rotatable bonds is 9. The van der Waals surface area contributed by atoms with Crippen LogP contribution in [0.4, 0.5) is 0 Å². The summed E-state index contributed by atoms with van der Waals surface area (Å²) in [6, 6.07) is 20.6. The Morgan fingerprint density at radius 2 is 1.46 bits per heavy atom. The van der Waals surface area contributed by atoms with Gasteiger partial charge in [0.15, 0.2) is 0 Å². The summed E-state index contributed by atoms with van der Waals surface area (Å²) in [6.07, 6.45) is 1.41. The van der Waals surface area contributed by atoms with E-state index in [0.29, 0.717) is 6.42 Å². The molecule has 0 radical (unpaired) electrons. The van der Waals surface area contributed by atoms with Gasteiger partial charge in [-0.1, -0.05) is 78.9 Å². The highest BCUT2D eigenvalue weighted by Crippen LogP contribution is 2.37. The molecule has 0 aromatic heterocycles. The third-order valence-electron chi connectivity index (χ3n) is 5.62. The van der Waals surface area contributed by atoms with E-state index in [1.807, 2.05) is 36.4 Å². The van der Waals surface area contributed by atoms with Crippen molar-refractivity contribution in [2.75, 3.05) is 14.2 Å². The first-order valence-electron chi connectivity index (χ1n) is 9.64. The van der Waals surface area contributed by atoms with Crippen molar-refractivity contribution in [2.45, 2.75) is 37.9 Å². The Bertz CT molecular complexity index is 759. The number of carbonyl (C=O) groups excluding carboxylic acids is 2. The molecule has 0 heterocycles. The highest BCUT2D eigenvalue weighted by Gasteiger charge is 2.42. The summed E-state index contributed by atoms with van der Waals surface area (Å²) < 4.78 is 9.96. The summed E-state index contributed by atoms with van der Waals surface area (Å²) in [5, 5.41) is 1.29. The van der Waals surface area contributed by atoms with Crippen LogP contribution in [0.2, 0.25) is 18.6 Å². The first-order chi connectivity index (χ1) is 13.4. The molecule has 5 heteroatoms. The molecule has 28 heavy (non-hydrogen) atoms. The maximum atomic E-state index is 12.8. The monoisotopic (exact) mass is 398 g/mol. The topological polar surface area (TPSA) is 52.6 Å². The lowest BCUT2D eigenvalue weighted by atomic mass is 9.94. The van der Waals surface area contributed by atoms with Crippen LogP contribution in [0.1, 0.15) is 18.4 Å². The van der Waals surface area contributed by atoms with Crippen molar-refractivity contribution in [1.29, 1.82) is 0 Å². The van der Waals surface area contributed by atoms with E-state index in [-0.39, 0.29) is 29.8 Å². The molecule has 0 amide bonds. The molecule has 2 aromatic rings. The van der Waals surface area contributed by atoms with Crippen molar-refractivity contribution in [1.82, 2.24) is 0 Å². The van der Waals surface area contributed by atoms with E-state index in [4.69, 9.17) is 9.47 Å². The van der Waals surface area contributed by atoms with E-state index in [0.717, 1.165) is 6.42 Å². The lowest BCUT2D eigenvalue weighted by molar-refractivity contribution is -0.147. The molecule has 2 atom stereocenters. The average Bonchev–Trinajstić information content (AvgIpc) is 2.73. The standard InChI is InChI=1S/C23H30O4Si/c1-26-22(24)16-15-20(23(25)27-2)21(17-18-11-7-5-8-12-18)28(3,4)19-13-9-6-10-14-19/h5-14,20-21H,15-17H2,1-4H3/t20-,21-/m1/s1. The Kier molecular flexibility index (Phi) is 8.00. The molecule has 0 aliphatic rings. The van der Waals surface area contributed by atoms with Gasteiger partial charge in [0, 0.05) is 6.42 Å². The fourth-order valence-electron chi connectivity index (χ4n) is 3.86. The Labute approximate surface area is 168 Å². The van der Waals surface area contributed by atoms with Crippen LogP contribution in [0.3, 0.4) is 0 Å². The molecule has 0 spiro atoms. The Morgan fingerprint density at radius 3 is 2.00 bits per heavy atom. The van der Waals surface area contributed by atoms with Crippen molar-refractivity contribution in [3.8, 4) is 0 Å². The van der Waals surface area contributed by atoms with Crippen LogP contribution in [0.5, 0.6) is 0 Å². The van der Waals surface area contributed by atoms with Gasteiger partial charge in [0.05, 0.1) is 28.2 Å². The largest absolute Gasteiger partial charge is 0.469 e. The summed E-state index contributed by atoms with van der Waals surface area (Å²) >= 11 is 0. The minimum atomic E-state index is -2.07. The van der Waals surface area contributed by atoms with Gasteiger partial charge in [-0.15, -0.1) is 0 Å². The quantitative estimate of drug-likeness (QED) is 0.474. The second-order valence-electron chi connectivity index (χ2n) is 7.63. The molecule has 0 bridgehead atoms. The average molecular weight is 399 g/mol. The van der Waals surface area contributed by atoms with E-state index in [2.05, 4.69) is 37.4 Å². The minimum absolute atomic E-state index is 0.0920. The Morgan fingerprint density at radius 1 is 0.893 bits per heavy atom. The molecule has 0 aliphatic carbocycles. The van der Waals surface area contributed by atoms with Gasteiger partial charge in [-0.05, 0) is 23.9 Å². The summed E-state index contributed by atoms with van der Waals surface area (Å²) in [4.78, 5) is 24.5. The van der Waals surface area contributed by atoms with Crippen LogP contribution in [-0.2, 0) is 25.5 Å². The number of esters is 2. The molecule has 0 saturated carbocycles. The summed E-state index contributed by atoms with van der Waals surface area (Å²) in [5.74, 6) is -0.904. The van der Waals surface area contributed by atoms with E-state index in [1.165, 1.54) is 25.0 Å². The van der Waals surface area contributed by atoms with E-state index < -0.39 is 8.07 Å². The zero-order valence-corrected chi connectivity index (χ0v) is 18.2. The molecule has 0 N–H and O–H groups in total. The van der Waals surface area contributed by atoms with Gasteiger partial charge in [0.1, 0.15) is 0 Å². The van der Waals surface area contributed by atoms with Gasteiger partial charge in [0.2, 0.25) is 0 Å². The number of benzene rings is 2. The Balaban J connectivity index is 2.44. The van der Waals surface area contributed by atoms with Crippen molar-refractivity contribution < 1.29 is 19.1 Å². The molecule has 0 unspecified atom stereocenters. The maximum absolute atomic E-state index is 12.8. The van der Waals surface area contributed by atoms with Gasteiger partial charge >= 0.3 is 11.9 Å². The summed E-state index contributed by atoms with van der Waals surface area (Å²) in [7, 11) is 0.726. The van der Waals surface area contributed by atoms with Crippen molar-refractivity contribution in [3.63, 3.8) is 0 Å². The molecule has 2 rings (SSSR count). The van der Waals surface area contributed by atoms with E-state index >= 15 is 0 Å². The van der Waals surface area contributed by atoms with Crippen molar-refractivity contribution in [3.05, 3.63) is 66.2 Å². The first-order valence-corrected chi connectivity index (χ1v) is 12.7. The second kappa shape index (κ2) is 10.2. The van der Waals surface area contributed by atoms with Gasteiger partial charge in [-0.25, -0.2) is 0 Å². The lowest BCUT2D eigenvalue weighted by Gasteiger charge is -2.37. The normalized spacial score (nSPS) is 13.4. The van der Waals surface area contributed by atoms with Crippen LogP contribution in [0.25, 0.3) is 0 Å². The summed E-state index contributed by atoms with van der Waals surface area (Å²) in [6.45, 7) is 4.59. The second-order valence-corrected chi connectivity index (χ2v) is 12.4. The molecule has 0 saturated heterocycles. The van der Waals surface area contributed by atoms with Crippen molar-refractivity contribution in [2.24, 2.45) is 5.92 Å². The van der Waals surface area contributed by atoms with Crippen molar-refractivity contribution >= 4 is 25.2 Å². The van der Waals surface area contributed by atoms with Gasteiger partial charge in [-0.2, -0.15) is 0 Å². The molecule has 4 nitrogen and oxygen atoms in total. The Hall–Kier alpha value is -2.40. The number of methoxy groups -OCH3 is 2. The molecule has 0 fully saturated rings.